The fourth-order valence-electron chi connectivity index (χ4n) is 3.57. The van der Waals surface area contributed by atoms with Crippen LogP contribution in [0.1, 0.15) is 41.2 Å². The number of nitrogens with one attached hydrogen (secondary N) is 1. The summed E-state index contributed by atoms with van der Waals surface area (Å²) in [7, 11) is 1.92. The Morgan fingerprint density at radius 2 is 2.06 bits per heavy atom. The summed E-state index contributed by atoms with van der Waals surface area (Å²) in [5, 5.41) is 2.97. The number of nitrogens with zero attached hydrogens (tertiary/aromatic N) is 2. The predicted octanol–water partition coefficient (Wildman–Crippen LogP) is 3.65. The van der Waals surface area contributed by atoms with E-state index < -0.39 is 0 Å². The molecular formula is C24H27N3O4. The smallest absolute Gasteiger partial charge is 0.251 e. The number of amides is 1. The van der Waals surface area contributed by atoms with Crippen LogP contribution in [0.3, 0.4) is 0 Å². The van der Waals surface area contributed by atoms with Gasteiger partial charge in [-0.3, -0.25) is 4.79 Å². The van der Waals surface area contributed by atoms with E-state index in [0.717, 1.165) is 34.9 Å². The molecule has 0 unspecified atom stereocenters. The third-order valence-electron chi connectivity index (χ3n) is 5.22. The van der Waals surface area contributed by atoms with Crippen LogP contribution in [0.5, 0.6) is 17.2 Å². The lowest BCUT2D eigenvalue weighted by atomic mass is 10.1. The fraction of sp³-hybridized carbons (Fsp3) is 0.333. The van der Waals surface area contributed by atoms with Crippen LogP contribution in [0.25, 0.3) is 0 Å². The van der Waals surface area contributed by atoms with Crippen molar-refractivity contribution in [1.29, 1.82) is 0 Å². The zero-order valence-electron chi connectivity index (χ0n) is 18.1. The maximum Gasteiger partial charge on any atom is 0.251 e. The van der Waals surface area contributed by atoms with Gasteiger partial charge in [0, 0.05) is 49.1 Å². The Morgan fingerprint density at radius 3 is 2.77 bits per heavy atom. The Balaban J connectivity index is 1.37. The first-order chi connectivity index (χ1) is 15.0. The molecule has 2 heterocycles. The van der Waals surface area contributed by atoms with Gasteiger partial charge < -0.3 is 24.1 Å². The Bertz CT molecular complexity index is 1060. The quantitative estimate of drug-likeness (QED) is 0.601. The van der Waals surface area contributed by atoms with E-state index in [0.29, 0.717) is 31.1 Å². The SMILES string of the molecule is CCOc1cc2c(cc1CNC(=O)c1ccc(OCc3nccn3C)cc1)O[C@@H](C)C2. The van der Waals surface area contributed by atoms with Crippen molar-refractivity contribution in [2.45, 2.75) is 39.5 Å². The molecule has 0 radical (unpaired) electrons. The number of hydrogen-bond donors (Lipinski definition) is 1. The predicted molar refractivity (Wildman–Crippen MR) is 117 cm³/mol. The number of rotatable bonds is 8. The van der Waals surface area contributed by atoms with Crippen LogP contribution in [0.2, 0.25) is 0 Å². The van der Waals surface area contributed by atoms with Gasteiger partial charge in [0.15, 0.2) is 0 Å². The zero-order valence-corrected chi connectivity index (χ0v) is 18.1. The topological polar surface area (TPSA) is 74.6 Å². The molecule has 162 valence electrons. The highest BCUT2D eigenvalue weighted by molar-refractivity contribution is 5.94. The lowest BCUT2D eigenvalue weighted by Crippen LogP contribution is -2.23. The van der Waals surface area contributed by atoms with Crippen LogP contribution in [-0.4, -0.2) is 28.2 Å². The number of fused-ring (bicyclic) bond motifs is 1. The largest absolute Gasteiger partial charge is 0.494 e. The van der Waals surface area contributed by atoms with E-state index in [-0.39, 0.29) is 12.0 Å². The molecule has 1 atom stereocenters. The van der Waals surface area contributed by atoms with Crippen molar-refractivity contribution in [2.75, 3.05) is 6.61 Å². The van der Waals surface area contributed by atoms with Crippen LogP contribution in [0.15, 0.2) is 48.8 Å². The molecule has 31 heavy (non-hydrogen) atoms. The van der Waals surface area contributed by atoms with E-state index in [1.807, 2.05) is 43.8 Å². The van der Waals surface area contributed by atoms with Gasteiger partial charge in [0.2, 0.25) is 0 Å². The second-order valence-electron chi connectivity index (χ2n) is 7.58. The van der Waals surface area contributed by atoms with E-state index in [1.54, 1.807) is 30.5 Å². The molecule has 1 N–H and O–H groups in total. The van der Waals surface area contributed by atoms with Gasteiger partial charge in [0.25, 0.3) is 5.91 Å². The van der Waals surface area contributed by atoms with Crippen molar-refractivity contribution >= 4 is 5.91 Å². The first kappa shape index (κ1) is 20.8. The number of benzene rings is 2. The van der Waals surface area contributed by atoms with Crippen molar-refractivity contribution in [3.05, 3.63) is 71.3 Å². The van der Waals surface area contributed by atoms with Crippen LogP contribution in [0.4, 0.5) is 0 Å². The van der Waals surface area contributed by atoms with Crippen LogP contribution in [-0.2, 0) is 26.6 Å². The molecule has 0 aliphatic carbocycles. The minimum absolute atomic E-state index is 0.159. The maximum absolute atomic E-state index is 12.6. The van der Waals surface area contributed by atoms with E-state index in [2.05, 4.69) is 10.3 Å². The molecular weight excluding hydrogens is 394 g/mol. The van der Waals surface area contributed by atoms with Crippen LogP contribution < -0.4 is 19.5 Å². The highest BCUT2D eigenvalue weighted by atomic mass is 16.5. The number of aryl methyl sites for hydroxylation is 1. The second-order valence-corrected chi connectivity index (χ2v) is 7.58. The van der Waals surface area contributed by atoms with Gasteiger partial charge in [-0.2, -0.15) is 0 Å². The average molecular weight is 421 g/mol. The average Bonchev–Trinajstić information content (AvgIpc) is 3.34. The minimum atomic E-state index is -0.159. The van der Waals surface area contributed by atoms with Crippen molar-refractivity contribution < 1.29 is 19.0 Å². The molecule has 0 spiro atoms. The Hall–Kier alpha value is -3.48. The molecule has 1 aliphatic rings. The maximum atomic E-state index is 12.6. The highest BCUT2D eigenvalue weighted by Gasteiger charge is 2.22. The second kappa shape index (κ2) is 9.12. The van der Waals surface area contributed by atoms with Gasteiger partial charge in [0.05, 0.1) is 6.61 Å². The van der Waals surface area contributed by atoms with Crippen molar-refractivity contribution in [2.24, 2.45) is 7.05 Å². The molecule has 0 saturated carbocycles. The lowest BCUT2D eigenvalue weighted by Gasteiger charge is -2.13. The van der Waals surface area contributed by atoms with Gasteiger partial charge in [-0.15, -0.1) is 0 Å². The van der Waals surface area contributed by atoms with Crippen LogP contribution >= 0.6 is 0 Å². The summed E-state index contributed by atoms with van der Waals surface area (Å²) in [6.45, 7) is 5.29. The molecule has 4 rings (SSSR count). The normalized spacial score (nSPS) is 14.6. The van der Waals surface area contributed by atoms with Gasteiger partial charge in [-0.1, -0.05) is 0 Å². The molecule has 2 aromatic carbocycles. The van der Waals surface area contributed by atoms with Gasteiger partial charge in [-0.05, 0) is 50.2 Å². The molecule has 3 aromatic rings. The van der Waals surface area contributed by atoms with Gasteiger partial charge >= 0.3 is 0 Å². The number of ether oxygens (including phenoxy) is 3. The number of carbonyl (C=O) groups is 1. The van der Waals surface area contributed by atoms with Crippen molar-refractivity contribution in [3.8, 4) is 17.2 Å². The number of carbonyl (C=O) groups excluding carboxylic acids is 1. The van der Waals surface area contributed by atoms with Crippen molar-refractivity contribution in [1.82, 2.24) is 14.9 Å². The molecule has 7 heteroatoms. The molecule has 1 aromatic heterocycles. The summed E-state index contributed by atoms with van der Waals surface area (Å²) in [6, 6.07) is 11.1. The molecule has 0 bridgehead atoms. The molecule has 0 fully saturated rings. The zero-order chi connectivity index (χ0) is 21.8. The van der Waals surface area contributed by atoms with E-state index in [9.17, 15) is 4.79 Å². The highest BCUT2D eigenvalue weighted by Crippen LogP contribution is 2.35. The summed E-state index contributed by atoms with van der Waals surface area (Å²) in [4.78, 5) is 16.9. The summed E-state index contributed by atoms with van der Waals surface area (Å²) in [5.74, 6) is 3.02. The standard InChI is InChI=1S/C24H27N3O4/c1-4-29-21-12-18-11-16(2)31-22(18)13-19(21)14-26-24(28)17-5-7-20(8-6-17)30-15-23-25-9-10-27(23)3/h5-10,12-13,16H,4,11,14-15H2,1-3H3,(H,26,28)/t16-/m0/s1. The Kier molecular flexibility index (Phi) is 6.11. The summed E-state index contributed by atoms with van der Waals surface area (Å²) in [6.07, 6.45) is 4.64. The van der Waals surface area contributed by atoms with E-state index in [1.165, 1.54) is 0 Å². The summed E-state index contributed by atoms with van der Waals surface area (Å²) >= 11 is 0. The summed E-state index contributed by atoms with van der Waals surface area (Å²) in [5.41, 5.74) is 2.61. The van der Waals surface area contributed by atoms with Gasteiger partial charge in [0.1, 0.15) is 35.8 Å². The third kappa shape index (κ3) is 4.82. The lowest BCUT2D eigenvalue weighted by molar-refractivity contribution is 0.0950. The van der Waals surface area contributed by atoms with E-state index >= 15 is 0 Å². The number of hydrogen-bond acceptors (Lipinski definition) is 5. The monoisotopic (exact) mass is 421 g/mol. The molecule has 1 aliphatic heterocycles. The number of aromatic nitrogens is 2. The Labute approximate surface area is 182 Å². The molecule has 1 amide bonds. The fourth-order valence-corrected chi connectivity index (χ4v) is 3.57. The first-order valence-electron chi connectivity index (χ1n) is 10.5. The summed E-state index contributed by atoms with van der Waals surface area (Å²) < 4.78 is 19.3. The van der Waals surface area contributed by atoms with Crippen molar-refractivity contribution in [3.63, 3.8) is 0 Å². The Morgan fingerprint density at radius 1 is 1.26 bits per heavy atom. The van der Waals surface area contributed by atoms with Crippen LogP contribution in [0, 0.1) is 0 Å². The third-order valence-corrected chi connectivity index (χ3v) is 5.22. The number of imidazole rings is 1. The first-order valence-corrected chi connectivity index (χ1v) is 10.5. The van der Waals surface area contributed by atoms with Gasteiger partial charge in [-0.25, -0.2) is 4.98 Å². The molecule has 7 nitrogen and oxygen atoms in total. The molecule has 0 saturated heterocycles. The minimum Gasteiger partial charge on any atom is -0.494 e. The van der Waals surface area contributed by atoms with E-state index in [4.69, 9.17) is 14.2 Å².